The number of halogens is 1. The molecular formula is C17H21ClN2O. The molecule has 2 aromatic rings. The Kier molecular flexibility index (Phi) is 5.59. The molecule has 0 spiro atoms. The van der Waals surface area contributed by atoms with E-state index < -0.39 is 0 Å². The van der Waals surface area contributed by atoms with Crippen molar-refractivity contribution in [3.63, 3.8) is 0 Å². The normalized spacial score (nSPS) is 10.9. The molecule has 0 fully saturated rings. The molecule has 0 radical (unpaired) electrons. The molecule has 0 amide bonds. The molecule has 112 valence electrons. The van der Waals surface area contributed by atoms with E-state index in [4.69, 9.17) is 16.3 Å². The third kappa shape index (κ3) is 5.03. The predicted molar refractivity (Wildman–Crippen MR) is 87.0 cm³/mol. The lowest BCUT2D eigenvalue weighted by Gasteiger charge is -2.10. The molecule has 1 heterocycles. The van der Waals surface area contributed by atoms with Gasteiger partial charge in [-0.05, 0) is 43.1 Å². The average molecular weight is 305 g/mol. The van der Waals surface area contributed by atoms with Gasteiger partial charge in [-0.15, -0.1) is 0 Å². The summed E-state index contributed by atoms with van der Waals surface area (Å²) < 4.78 is 5.78. The van der Waals surface area contributed by atoms with Crippen molar-refractivity contribution >= 4 is 11.6 Å². The minimum atomic E-state index is 0.561. The molecular weight excluding hydrogens is 284 g/mol. The molecule has 2 rings (SSSR count). The first-order valence-electron chi connectivity index (χ1n) is 7.15. The number of pyridine rings is 1. The molecule has 0 saturated heterocycles. The lowest BCUT2D eigenvalue weighted by molar-refractivity contribution is 0.458. The van der Waals surface area contributed by atoms with Crippen molar-refractivity contribution in [1.29, 1.82) is 0 Å². The first kappa shape index (κ1) is 15.8. The Labute approximate surface area is 131 Å². The van der Waals surface area contributed by atoms with Gasteiger partial charge in [-0.25, -0.2) is 4.98 Å². The van der Waals surface area contributed by atoms with Gasteiger partial charge in [0.05, 0.1) is 10.7 Å². The van der Waals surface area contributed by atoms with Gasteiger partial charge >= 0.3 is 0 Å². The fraction of sp³-hybridized carbons (Fsp3) is 0.353. The predicted octanol–water partition coefficient (Wildman–Crippen LogP) is 4.58. The van der Waals surface area contributed by atoms with Crippen molar-refractivity contribution in [1.82, 2.24) is 10.3 Å². The summed E-state index contributed by atoms with van der Waals surface area (Å²) in [6.07, 6.45) is 0. The van der Waals surface area contributed by atoms with Gasteiger partial charge in [0.2, 0.25) is 5.88 Å². The van der Waals surface area contributed by atoms with Crippen LogP contribution in [0, 0.1) is 12.8 Å². The Balaban J connectivity index is 2.07. The Morgan fingerprint density at radius 3 is 2.76 bits per heavy atom. The number of nitrogens with zero attached hydrogens (tertiary/aromatic N) is 1. The van der Waals surface area contributed by atoms with Crippen molar-refractivity contribution in [2.75, 3.05) is 6.54 Å². The minimum Gasteiger partial charge on any atom is -0.439 e. The van der Waals surface area contributed by atoms with Crippen LogP contribution in [0.4, 0.5) is 0 Å². The summed E-state index contributed by atoms with van der Waals surface area (Å²) >= 11 is 6.18. The molecule has 3 nitrogen and oxygen atoms in total. The highest BCUT2D eigenvalue weighted by molar-refractivity contribution is 6.31. The summed E-state index contributed by atoms with van der Waals surface area (Å²) in [6.45, 7) is 7.94. The molecule has 0 aliphatic rings. The zero-order valence-electron chi connectivity index (χ0n) is 12.7. The Hall–Kier alpha value is -1.58. The first-order chi connectivity index (χ1) is 10.0. The highest BCUT2D eigenvalue weighted by atomic mass is 35.5. The maximum absolute atomic E-state index is 6.18. The fourth-order valence-electron chi connectivity index (χ4n) is 1.92. The maximum Gasteiger partial charge on any atom is 0.219 e. The third-order valence-corrected chi connectivity index (χ3v) is 3.29. The van der Waals surface area contributed by atoms with Crippen LogP contribution in [0.2, 0.25) is 5.02 Å². The molecule has 1 aromatic carbocycles. The molecule has 0 bridgehead atoms. The molecule has 0 atom stereocenters. The topological polar surface area (TPSA) is 34.1 Å². The number of rotatable bonds is 6. The molecule has 0 unspecified atom stereocenters. The van der Waals surface area contributed by atoms with E-state index in [9.17, 15) is 0 Å². The number of aromatic nitrogens is 1. The number of hydrogen-bond acceptors (Lipinski definition) is 3. The maximum atomic E-state index is 6.18. The van der Waals surface area contributed by atoms with Crippen LogP contribution >= 0.6 is 11.6 Å². The molecule has 1 N–H and O–H groups in total. The number of hydrogen-bond donors (Lipinski definition) is 1. The lowest BCUT2D eigenvalue weighted by Crippen LogP contribution is -2.19. The van der Waals surface area contributed by atoms with Gasteiger partial charge in [0.15, 0.2) is 0 Å². The smallest absolute Gasteiger partial charge is 0.219 e. The van der Waals surface area contributed by atoms with Crippen molar-refractivity contribution in [2.24, 2.45) is 5.92 Å². The van der Waals surface area contributed by atoms with Crippen LogP contribution in [0.3, 0.4) is 0 Å². The lowest BCUT2D eigenvalue weighted by atomic mass is 10.2. The Morgan fingerprint density at radius 2 is 2.05 bits per heavy atom. The van der Waals surface area contributed by atoms with E-state index in [0.29, 0.717) is 23.4 Å². The number of aryl methyl sites for hydroxylation is 1. The summed E-state index contributed by atoms with van der Waals surface area (Å²) in [5.74, 6) is 1.94. The van der Waals surface area contributed by atoms with Gasteiger partial charge in [-0.2, -0.15) is 0 Å². The van der Waals surface area contributed by atoms with E-state index >= 15 is 0 Å². The van der Waals surface area contributed by atoms with Crippen LogP contribution in [-0.2, 0) is 6.54 Å². The quantitative estimate of drug-likeness (QED) is 0.848. The zero-order valence-corrected chi connectivity index (χ0v) is 13.4. The standard InChI is InChI=1S/C17H21ClN2O/c1-12(2)10-19-11-16-15(18)7-8-17(20-16)21-14-6-4-5-13(3)9-14/h4-9,12,19H,10-11H2,1-3H3. The summed E-state index contributed by atoms with van der Waals surface area (Å²) in [5, 5.41) is 4.00. The van der Waals surface area contributed by atoms with Gasteiger partial charge in [0, 0.05) is 12.6 Å². The average Bonchev–Trinajstić information content (AvgIpc) is 2.42. The van der Waals surface area contributed by atoms with Crippen LogP contribution in [0.15, 0.2) is 36.4 Å². The van der Waals surface area contributed by atoms with Gasteiger partial charge in [-0.3, -0.25) is 0 Å². The van der Waals surface area contributed by atoms with Gasteiger partial charge in [0.25, 0.3) is 0 Å². The number of nitrogens with one attached hydrogen (secondary N) is 1. The summed E-state index contributed by atoms with van der Waals surface area (Å²) in [4.78, 5) is 4.48. The number of ether oxygens (including phenoxy) is 1. The van der Waals surface area contributed by atoms with Crippen LogP contribution in [0.1, 0.15) is 25.1 Å². The second-order valence-electron chi connectivity index (χ2n) is 5.52. The van der Waals surface area contributed by atoms with E-state index in [-0.39, 0.29) is 0 Å². The van der Waals surface area contributed by atoms with Crippen molar-refractivity contribution in [3.05, 3.63) is 52.7 Å². The van der Waals surface area contributed by atoms with E-state index in [1.807, 2.05) is 37.3 Å². The summed E-state index contributed by atoms with van der Waals surface area (Å²) in [6, 6.07) is 11.5. The van der Waals surface area contributed by atoms with Crippen molar-refractivity contribution in [2.45, 2.75) is 27.3 Å². The molecule has 0 saturated carbocycles. The van der Waals surface area contributed by atoms with E-state index in [2.05, 4.69) is 24.1 Å². The van der Waals surface area contributed by atoms with E-state index in [0.717, 1.165) is 23.6 Å². The van der Waals surface area contributed by atoms with Crippen molar-refractivity contribution < 1.29 is 4.74 Å². The van der Waals surface area contributed by atoms with Crippen LogP contribution in [0.25, 0.3) is 0 Å². The SMILES string of the molecule is Cc1cccc(Oc2ccc(Cl)c(CNCC(C)C)n2)c1. The third-order valence-electron chi connectivity index (χ3n) is 2.95. The van der Waals surface area contributed by atoms with Crippen LogP contribution < -0.4 is 10.1 Å². The Bertz CT molecular complexity index is 599. The zero-order chi connectivity index (χ0) is 15.2. The minimum absolute atomic E-state index is 0.561. The Morgan fingerprint density at radius 1 is 1.24 bits per heavy atom. The highest BCUT2D eigenvalue weighted by Crippen LogP contribution is 2.23. The van der Waals surface area contributed by atoms with Gasteiger partial charge in [0.1, 0.15) is 5.75 Å². The largest absolute Gasteiger partial charge is 0.439 e. The van der Waals surface area contributed by atoms with Gasteiger partial charge < -0.3 is 10.1 Å². The first-order valence-corrected chi connectivity index (χ1v) is 7.53. The molecule has 1 aromatic heterocycles. The second kappa shape index (κ2) is 7.43. The number of benzene rings is 1. The monoisotopic (exact) mass is 304 g/mol. The van der Waals surface area contributed by atoms with Gasteiger partial charge in [-0.1, -0.05) is 37.6 Å². The van der Waals surface area contributed by atoms with Crippen molar-refractivity contribution in [3.8, 4) is 11.6 Å². The summed E-state index contributed by atoms with van der Waals surface area (Å²) in [5.41, 5.74) is 1.96. The summed E-state index contributed by atoms with van der Waals surface area (Å²) in [7, 11) is 0. The molecule has 21 heavy (non-hydrogen) atoms. The van der Waals surface area contributed by atoms with Crippen LogP contribution in [0.5, 0.6) is 11.6 Å². The second-order valence-corrected chi connectivity index (χ2v) is 5.93. The van der Waals surface area contributed by atoms with Crippen LogP contribution in [-0.4, -0.2) is 11.5 Å². The molecule has 4 heteroatoms. The molecule has 0 aliphatic carbocycles. The van der Waals surface area contributed by atoms with E-state index in [1.165, 1.54) is 0 Å². The highest BCUT2D eigenvalue weighted by Gasteiger charge is 2.06. The molecule has 0 aliphatic heterocycles. The fourth-order valence-corrected chi connectivity index (χ4v) is 2.10. The van der Waals surface area contributed by atoms with E-state index in [1.54, 1.807) is 6.07 Å².